The average molecular weight is 494 g/mol. The molecule has 0 spiro atoms. The summed E-state index contributed by atoms with van der Waals surface area (Å²) in [5, 5.41) is 0. The van der Waals surface area contributed by atoms with Crippen molar-refractivity contribution in [3.8, 4) is 28.4 Å². The van der Waals surface area contributed by atoms with Crippen LogP contribution in [0.2, 0.25) is 0 Å². The molecule has 0 fully saturated rings. The summed E-state index contributed by atoms with van der Waals surface area (Å²) in [6, 6.07) is 31.3. The van der Waals surface area contributed by atoms with Crippen LogP contribution in [0.25, 0.3) is 11.1 Å². The summed E-state index contributed by atoms with van der Waals surface area (Å²) < 4.78 is 17.8. The molecule has 0 aromatic heterocycles. The van der Waals surface area contributed by atoms with Gasteiger partial charge in [0, 0.05) is 35.8 Å². The topological polar surface area (TPSA) is 30.9 Å². The molecule has 0 saturated heterocycles. The van der Waals surface area contributed by atoms with Crippen LogP contribution in [0, 0.1) is 0 Å². The predicted molar refractivity (Wildman–Crippen MR) is 149 cm³/mol. The maximum absolute atomic E-state index is 6.03. The van der Waals surface area contributed by atoms with Gasteiger partial charge >= 0.3 is 0 Å². The Kier molecular flexibility index (Phi) is 7.20. The fourth-order valence-electron chi connectivity index (χ4n) is 5.24. The van der Waals surface area contributed by atoms with E-state index in [9.17, 15) is 0 Å². The summed E-state index contributed by atoms with van der Waals surface area (Å²) in [6.45, 7) is 6.91. The van der Waals surface area contributed by atoms with Crippen molar-refractivity contribution in [3.63, 3.8) is 0 Å². The lowest BCUT2D eigenvalue weighted by atomic mass is 9.80. The van der Waals surface area contributed by atoms with E-state index in [1.807, 2.05) is 36.4 Å². The maximum atomic E-state index is 6.03. The first-order valence-corrected chi connectivity index (χ1v) is 12.8. The highest BCUT2D eigenvalue weighted by molar-refractivity contribution is 5.78. The molecular weight excluding hydrogens is 458 g/mol. The van der Waals surface area contributed by atoms with Crippen molar-refractivity contribution >= 4 is 0 Å². The van der Waals surface area contributed by atoms with Gasteiger partial charge in [-0.2, -0.15) is 0 Å². The highest BCUT2D eigenvalue weighted by Gasteiger charge is 2.36. The van der Waals surface area contributed by atoms with Crippen LogP contribution in [-0.4, -0.2) is 24.7 Å². The normalized spacial score (nSPS) is 14.6. The summed E-state index contributed by atoms with van der Waals surface area (Å²) in [6.07, 6.45) is 0.893. The number of hydrogen-bond donors (Lipinski definition) is 0. The van der Waals surface area contributed by atoms with Crippen molar-refractivity contribution < 1.29 is 14.2 Å². The molecular formula is C33H35NO3. The minimum absolute atomic E-state index is 0.0340. The van der Waals surface area contributed by atoms with Gasteiger partial charge in [0.25, 0.3) is 0 Å². The molecule has 0 amide bonds. The number of nitrogens with zero attached hydrogens (tertiary/aromatic N) is 1. The molecule has 4 aromatic carbocycles. The first-order valence-electron chi connectivity index (χ1n) is 12.8. The van der Waals surface area contributed by atoms with Crippen LogP contribution in [0.5, 0.6) is 17.2 Å². The second-order valence-corrected chi connectivity index (χ2v) is 10.2. The zero-order valence-electron chi connectivity index (χ0n) is 22.2. The molecule has 190 valence electrons. The molecule has 5 rings (SSSR count). The minimum Gasteiger partial charge on any atom is -0.496 e. The second kappa shape index (κ2) is 10.7. The van der Waals surface area contributed by atoms with E-state index in [2.05, 4.69) is 73.3 Å². The number of fused-ring (bicyclic) bond motifs is 1. The smallest absolute Gasteiger partial charge is 0.130 e. The number of hydrogen-bond acceptors (Lipinski definition) is 4. The third-order valence-electron chi connectivity index (χ3n) is 7.33. The lowest BCUT2D eigenvalue weighted by Gasteiger charge is -2.44. The Morgan fingerprint density at radius 1 is 0.730 bits per heavy atom. The molecule has 1 aliphatic heterocycles. The van der Waals surface area contributed by atoms with Gasteiger partial charge in [-0.05, 0) is 54.7 Å². The van der Waals surface area contributed by atoms with Crippen LogP contribution < -0.4 is 14.2 Å². The maximum Gasteiger partial charge on any atom is 0.130 e. The van der Waals surface area contributed by atoms with E-state index in [1.165, 1.54) is 16.7 Å². The lowest BCUT2D eigenvalue weighted by Crippen LogP contribution is -2.48. The third kappa shape index (κ3) is 5.35. The standard InChI is InChI=1S/C33H35NO3/c1-33(2)20-28-29(22-34(33)21-24-11-7-5-8-12-24)30(35-3)19-31(36-4)32(28)26-15-17-27(18-16-26)37-23-25-13-9-6-10-14-25/h5-19H,20-23H2,1-4H3. The molecule has 0 unspecified atom stereocenters. The van der Waals surface area contributed by atoms with Gasteiger partial charge in [-0.25, -0.2) is 0 Å². The Hall–Kier alpha value is -3.76. The van der Waals surface area contributed by atoms with Crippen LogP contribution >= 0.6 is 0 Å². The van der Waals surface area contributed by atoms with E-state index in [0.29, 0.717) is 6.61 Å². The van der Waals surface area contributed by atoms with Crippen LogP contribution in [-0.2, 0) is 26.1 Å². The van der Waals surface area contributed by atoms with Crippen molar-refractivity contribution in [3.05, 3.63) is 113 Å². The fraction of sp³-hybridized carbons (Fsp3) is 0.273. The summed E-state index contributed by atoms with van der Waals surface area (Å²) in [5.41, 5.74) is 7.22. The minimum atomic E-state index is -0.0340. The van der Waals surface area contributed by atoms with Gasteiger partial charge < -0.3 is 14.2 Å². The largest absolute Gasteiger partial charge is 0.496 e. The van der Waals surface area contributed by atoms with E-state index < -0.39 is 0 Å². The molecule has 0 N–H and O–H groups in total. The van der Waals surface area contributed by atoms with Crippen LogP contribution in [0.3, 0.4) is 0 Å². The quantitative estimate of drug-likeness (QED) is 0.258. The Bertz CT molecular complexity index is 1330. The molecule has 4 aromatic rings. The molecule has 37 heavy (non-hydrogen) atoms. The van der Waals surface area contributed by atoms with E-state index in [-0.39, 0.29) is 5.54 Å². The third-order valence-corrected chi connectivity index (χ3v) is 7.33. The Labute approximate surface area is 220 Å². The van der Waals surface area contributed by atoms with Crippen molar-refractivity contribution in [2.24, 2.45) is 0 Å². The summed E-state index contributed by atoms with van der Waals surface area (Å²) >= 11 is 0. The number of benzene rings is 4. The molecule has 1 heterocycles. The van der Waals surface area contributed by atoms with E-state index >= 15 is 0 Å². The molecule has 4 heteroatoms. The fourth-order valence-corrected chi connectivity index (χ4v) is 5.24. The molecule has 0 saturated carbocycles. The van der Waals surface area contributed by atoms with Crippen molar-refractivity contribution in [1.82, 2.24) is 4.90 Å². The van der Waals surface area contributed by atoms with Gasteiger partial charge in [0.15, 0.2) is 0 Å². The van der Waals surface area contributed by atoms with Crippen LogP contribution in [0.1, 0.15) is 36.1 Å². The number of methoxy groups -OCH3 is 2. The lowest BCUT2D eigenvalue weighted by molar-refractivity contribution is 0.0876. The van der Waals surface area contributed by atoms with Crippen molar-refractivity contribution in [1.29, 1.82) is 0 Å². The van der Waals surface area contributed by atoms with Crippen LogP contribution in [0.4, 0.5) is 0 Å². The Morgan fingerprint density at radius 3 is 1.97 bits per heavy atom. The Morgan fingerprint density at radius 2 is 1.35 bits per heavy atom. The second-order valence-electron chi connectivity index (χ2n) is 10.2. The number of ether oxygens (including phenoxy) is 3. The monoisotopic (exact) mass is 493 g/mol. The summed E-state index contributed by atoms with van der Waals surface area (Å²) in [7, 11) is 3.48. The van der Waals surface area contributed by atoms with E-state index in [0.717, 1.165) is 53.4 Å². The molecule has 4 nitrogen and oxygen atoms in total. The highest BCUT2D eigenvalue weighted by Crippen LogP contribution is 2.46. The van der Waals surface area contributed by atoms with Gasteiger partial charge in [-0.3, -0.25) is 4.90 Å². The Balaban J connectivity index is 1.48. The van der Waals surface area contributed by atoms with Gasteiger partial charge in [-0.1, -0.05) is 72.8 Å². The SMILES string of the molecule is COc1cc(OC)c(-c2ccc(OCc3ccccc3)cc2)c2c1CN(Cc1ccccc1)C(C)(C)C2. The summed E-state index contributed by atoms with van der Waals surface area (Å²) in [4.78, 5) is 2.55. The predicted octanol–water partition coefficient (Wildman–Crippen LogP) is 7.29. The average Bonchev–Trinajstić information content (AvgIpc) is 2.93. The number of rotatable bonds is 8. The van der Waals surface area contributed by atoms with Gasteiger partial charge in [0.2, 0.25) is 0 Å². The molecule has 0 atom stereocenters. The van der Waals surface area contributed by atoms with Gasteiger partial charge in [0.05, 0.1) is 14.2 Å². The first-order chi connectivity index (χ1) is 18.0. The van der Waals surface area contributed by atoms with E-state index in [4.69, 9.17) is 14.2 Å². The first kappa shape index (κ1) is 24.9. The van der Waals surface area contributed by atoms with Crippen molar-refractivity contribution in [2.75, 3.05) is 14.2 Å². The highest BCUT2D eigenvalue weighted by atomic mass is 16.5. The molecule has 0 aliphatic carbocycles. The zero-order chi connectivity index (χ0) is 25.8. The van der Waals surface area contributed by atoms with Gasteiger partial charge in [0.1, 0.15) is 23.9 Å². The summed E-state index contributed by atoms with van der Waals surface area (Å²) in [5.74, 6) is 2.57. The molecule has 0 bridgehead atoms. The van der Waals surface area contributed by atoms with Crippen molar-refractivity contribution in [2.45, 2.75) is 45.5 Å². The van der Waals surface area contributed by atoms with Crippen LogP contribution in [0.15, 0.2) is 91.0 Å². The zero-order valence-corrected chi connectivity index (χ0v) is 22.2. The molecule has 0 radical (unpaired) electrons. The van der Waals surface area contributed by atoms with E-state index in [1.54, 1.807) is 14.2 Å². The molecule has 1 aliphatic rings. The van der Waals surface area contributed by atoms with Gasteiger partial charge in [-0.15, -0.1) is 0 Å².